The lowest BCUT2D eigenvalue weighted by Gasteiger charge is -2.20. The molecular weight excluding hydrogens is 210 g/mol. The second-order valence-corrected chi connectivity index (χ2v) is 7.27. The highest BCUT2D eigenvalue weighted by molar-refractivity contribution is 5.76. The van der Waals surface area contributed by atoms with Crippen molar-refractivity contribution in [3.8, 4) is 0 Å². The molecule has 1 amide bonds. The van der Waals surface area contributed by atoms with Gasteiger partial charge in [0.2, 0.25) is 5.91 Å². The van der Waals surface area contributed by atoms with Crippen LogP contribution in [0.25, 0.3) is 0 Å². The van der Waals surface area contributed by atoms with Crippen molar-refractivity contribution < 1.29 is 4.79 Å². The van der Waals surface area contributed by atoms with Crippen LogP contribution in [0.1, 0.15) is 80.1 Å². The number of hydrogen-bond acceptors (Lipinski definition) is 1. The van der Waals surface area contributed by atoms with E-state index in [1.807, 2.05) is 20.8 Å². The van der Waals surface area contributed by atoms with E-state index in [0.29, 0.717) is 11.8 Å². The Balaban J connectivity index is 3.44. The van der Waals surface area contributed by atoms with Crippen LogP contribution in [0, 0.1) is 5.41 Å². The zero-order chi connectivity index (χ0) is 13.5. The topological polar surface area (TPSA) is 29.1 Å². The quantitative estimate of drug-likeness (QED) is 0.691. The zero-order valence-corrected chi connectivity index (χ0v) is 12.7. The predicted molar refractivity (Wildman–Crippen MR) is 75.1 cm³/mol. The van der Waals surface area contributed by atoms with Crippen LogP contribution in [0.5, 0.6) is 0 Å². The van der Waals surface area contributed by atoms with Gasteiger partial charge in [0.1, 0.15) is 0 Å². The van der Waals surface area contributed by atoms with Crippen LogP contribution in [0.15, 0.2) is 0 Å². The van der Waals surface area contributed by atoms with E-state index in [-0.39, 0.29) is 11.4 Å². The van der Waals surface area contributed by atoms with Crippen molar-refractivity contribution in [2.24, 2.45) is 5.41 Å². The molecule has 0 aromatic heterocycles. The summed E-state index contributed by atoms with van der Waals surface area (Å²) in [6, 6.07) is 0. The first-order valence-electron chi connectivity index (χ1n) is 6.91. The summed E-state index contributed by atoms with van der Waals surface area (Å²) < 4.78 is 0. The van der Waals surface area contributed by atoms with Crippen molar-refractivity contribution in [1.82, 2.24) is 5.32 Å². The van der Waals surface area contributed by atoms with E-state index in [1.165, 1.54) is 25.7 Å². The lowest BCUT2D eigenvalue weighted by Crippen LogP contribution is -2.40. The fourth-order valence-corrected chi connectivity index (χ4v) is 1.78. The Morgan fingerprint density at radius 1 is 0.882 bits per heavy atom. The molecule has 0 saturated carbocycles. The average Bonchev–Trinajstić information content (AvgIpc) is 2.06. The van der Waals surface area contributed by atoms with E-state index in [4.69, 9.17) is 0 Å². The molecule has 2 nitrogen and oxygen atoms in total. The molecule has 102 valence electrons. The van der Waals surface area contributed by atoms with Crippen molar-refractivity contribution in [2.45, 2.75) is 85.6 Å². The summed E-state index contributed by atoms with van der Waals surface area (Å²) in [7, 11) is 0. The molecule has 0 aromatic carbocycles. The van der Waals surface area contributed by atoms with E-state index in [1.54, 1.807) is 0 Å². The third kappa shape index (κ3) is 13.4. The first-order valence-corrected chi connectivity index (χ1v) is 6.91. The molecule has 0 atom stereocenters. The van der Waals surface area contributed by atoms with Crippen LogP contribution in [0.2, 0.25) is 0 Å². The molecule has 0 spiro atoms. The molecule has 0 aliphatic heterocycles. The molecule has 2 heteroatoms. The summed E-state index contributed by atoms with van der Waals surface area (Å²) in [5.74, 6) is 0.188. The van der Waals surface area contributed by atoms with Crippen molar-refractivity contribution >= 4 is 5.91 Å². The average molecular weight is 241 g/mol. The van der Waals surface area contributed by atoms with Crippen molar-refractivity contribution in [3.05, 3.63) is 0 Å². The summed E-state index contributed by atoms with van der Waals surface area (Å²) in [4.78, 5) is 11.5. The molecule has 0 aliphatic carbocycles. The fourth-order valence-electron chi connectivity index (χ4n) is 1.78. The number of rotatable bonds is 6. The van der Waals surface area contributed by atoms with Crippen LogP contribution in [0.3, 0.4) is 0 Å². The van der Waals surface area contributed by atoms with Gasteiger partial charge in [-0.15, -0.1) is 0 Å². The highest BCUT2D eigenvalue weighted by Gasteiger charge is 2.13. The summed E-state index contributed by atoms with van der Waals surface area (Å²) in [5.41, 5.74) is 0.354. The summed E-state index contributed by atoms with van der Waals surface area (Å²) in [5, 5.41) is 3.00. The summed E-state index contributed by atoms with van der Waals surface area (Å²) in [6.07, 6.45) is 6.68. The highest BCUT2D eigenvalue weighted by Crippen LogP contribution is 2.22. The van der Waals surface area contributed by atoms with Crippen molar-refractivity contribution in [1.29, 1.82) is 0 Å². The van der Waals surface area contributed by atoms with Crippen LogP contribution >= 0.6 is 0 Å². The summed E-state index contributed by atoms with van der Waals surface area (Å²) >= 11 is 0. The van der Waals surface area contributed by atoms with E-state index in [9.17, 15) is 4.79 Å². The lowest BCUT2D eigenvalue weighted by molar-refractivity contribution is -0.122. The Bertz CT molecular complexity index is 220. The Morgan fingerprint density at radius 3 is 1.88 bits per heavy atom. The minimum atomic E-state index is -0.0939. The Hall–Kier alpha value is -0.530. The molecular formula is C15H31NO. The van der Waals surface area contributed by atoms with Gasteiger partial charge in [-0.1, -0.05) is 40.0 Å². The number of carbonyl (C=O) groups is 1. The maximum Gasteiger partial charge on any atom is 0.220 e. The highest BCUT2D eigenvalue weighted by atomic mass is 16.1. The number of amides is 1. The van der Waals surface area contributed by atoms with Gasteiger partial charge in [0.25, 0.3) is 0 Å². The molecule has 1 N–H and O–H groups in total. The van der Waals surface area contributed by atoms with Crippen LogP contribution in [-0.4, -0.2) is 11.4 Å². The van der Waals surface area contributed by atoms with Gasteiger partial charge in [0, 0.05) is 12.0 Å². The number of unbranched alkanes of at least 4 members (excludes halogenated alkanes) is 3. The van der Waals surface area contributed by atoms with Gasteiger partial charge in [0.15, 0.2) is 0 Å². The Morgan fingerprint density at radius 2 is 1.41 bits per heavy atom. The molecule has 0 aromatic rings. The smallest absolute Gasteiger partial charge is 0.220 e. The molecule has 0 rings (SSSR count). The molecule has 0 bridgehead atoms. The minimum absolute atomic E-state index is 0.0939. The number of nitrogens with one attached hydrogen (secondary N) is 1. The van der Waals surface area contributed by atoms with Gasteiger partial charge < -0.3 is 5.32 Å². The van der Waals surface area contributed by atoms with Gasteiger partial charge in [-0.05, 0) is 39.0 Å². The largest absolute Gasteiger partial charge is 0.352 e. The van der Waals surface area contributed by atoms with Crippen LogP contribution in [-0.2, 0) is 4.79 Å². The number of hydrogen-bond donors (Lipinski definition) is 1. The van der Waals surface area contributed by atoms with Gasteiger partial charge in [0.05, 0.1) is 0 Å². The second-order valence-electron chi connectivity index (χ2n) is 7.27. The number of carbonyl (C=O) groups excluding carboxylic acids is 1. The maximum absolute atomic E-state index is 11.5. The Kier molecular flexibility index (Phi) is 6.81. The van der Waals surface area contributed by atoms with E-state index in [2.05, 4.69) is 26.1 Å². The molecule has 0 aliphatic rings. The first kappa shape index (κ1) is 16.5. The van der Waals surface area contributed by atoms with Gasteiger partial charge >= 0.3 is 0 Å². The van der Waals surface area contributed by atoms with Crippen molar-refractivity contribution in [3.63, 3.8) is 0 Å². The lowest BCUT2D eigenvalue weighted by atomic mass is 9.89. The Labute approximate surface area is 108 Å². The van der Waals surface area contributed by atoms with Crippen LogP contribution < -0.4 is 5.32 Å². The minimum Gasteiger partial charge on any atom is -0.352 e. The first-order chi connectivity index (χ1) is 7.60. The summed E-state index contributed by atoms with van der Waals surface area (Å²) in [6.45, 7) is 12.9. The maximum atomic E-state index is 11.5. The van der Waals surface area contributed by atoms with E-state index in [0.717, 1.165) is 6.42 Å². The second kappa shape index (κ2) is 7.03. The standard InChI is InChI=1S/C15H31NO/c1-14(2,3)12-10-8-7-9-11-13(17)16-15(4,5)6/h7-12H2,1-6H3,(H,16,17). The monoisotopic (exact) mass is 241 g/mol. The van der Waals surface area contributed by atoms with E-state index >= 15 is 0 Å². The van der Waals surface area contributed by atoms with Crippen LogP contribution in [0.4, 0.5) is 0 Å². The molecule has 0 radical (unpaired) electrons. The van der Waals surface area contributed by atoms with Gasteiger partial charge in [-0.3, -0.25) is 4.79 Å². The molecule has 17 heavy (non-hydrogen) atoms. The third-order valence-electron chi connectivity index (χ3n) is 2.60. The molecule has 0 fully saturated rings. The van der Waals surface area contributed by atoms with E-state index < -0.39 is 0 Å². The predicted octanol–water partition coefficient (Wildman–Crippen LogP) is 4.29. The molecule has 0 heterocycles. The third-order valence-corrected chi connectivity index (χ3v) is 2.60. The molecule has 0 saturated heterocycles. The zero-order valence-electron chi connectivity index (χ0n) is 12.7. The normalized spacial score (nSPS) is 12.6. The SMILES string of the molecule is CC(C)(C)CCCCCCC(=O)NC(C)(C)C. The van der Waals surface area contributed by atoms with Crippen molar-refractivity contribution in [2.75, 3.05) is 0 Å². The van der Waals surface area contributed by atoms with Gasteiger partial charge in [-0.25, -0.2) is 0 Å². The fraction of sp³-hybridized carbons (Fsp3) is 0.933. The van der Waals surface area contributed by atoms with Gasteiger partial charge in [-0.2, -0.15) is 0 Å². The molecule has 0 unspecified atom stereocenters.